The van der Waals surface area contributed by atoms with Crippen LogP contribution < -0.4 is 5.73 Å². The van der Waals surface area contributed by atoms with E-state index in [0.29, 0.717) is 11.3 Å². The number of carboxylic acids is 1. The minimum Gasteiger partial charge on any atom is -0.478 e. The van der Waals surface area contributed by atoms with Gasteiger partial charge in [0.05, 0.1) is 5.57 Å². The van der Waals surface area contributed by atoms with E-state index in [0.717, 1.165) is 10.0 Å². The van der Waals surface area contributed by atoms with Crippen LogP contribution in [-0.2, 0) is 4.79 Å². The zero-order valence-electron chi connectivity index (χ0n) is 10.0. The number of hydrogen-bond acceptors (Lipinski definition) is 2. The lowest BCUT2D eigenvalue weighted by atomic mass is 10.0. The van der Waals surface area contributed by atoms with E-state index in [9.17, 15) is 9.90 Å². The van der Waals surface area contributed by atoms with Gasteiger partial charge in [-0.25, -0.2) is 4.79 Å². The van der Waals surface area contributed by atoms with E-state index in [-0.39, 0.29) is 5.57 Å². The molecule has 3 nitrogen and oxygen atoms in total. The summed E-state index contributed by atoms with van der Waals surface area (Å²) >= 11 is 3.36. The van der Waals surface area contributed by atoms with Crippen LogP contribution >= 0.6 is 15.9 Å². The lowest BCUT2D eigenvalue weighted by Crippen LogP contribution is -2.00. The Bertz CT molecular complexity index is 633. The lowest BCUT2D eigenvalue weighted by Gasteiger charge is -2.04. The molecule has 0 saturated carbocycles. The van der Waals surface area contributed by atoms with Gasteiger partial charge in [-0.1, -0.05) is 40.2 Å². The summed E-state index contributed by atoms with van der Waals surface area (Å²) in [5.74, 6) is -0.968. The van der Waals surface area contributed by atoms with Crippen LogP contribution in [0.25, 0.3) is 11.6 Å². The molecule has 0 bridgehead atoms. The van der Waals surface area contributed by atoms with Crippen molar-refractivity contribution in [3.63, 3.8) is 0 Å². The minimum absolute atomic E-state index is 0.234. The van der Waals surface area contributed by atoms with E-state index in [1.54, 1.807) is 30.3 Å². The Morgan fingerprint density at radius 1 is 1.16 bits per heavy atom. The second-order valence-corrected chi connectivity index (χ2v) is 4.96. The number of nitrogens with two attached hydrogens (primary N) is 1. The first-order valence-electron chi connectivity index (χ1n) is 5.63. The van der Waals surface area contributed by atoms with E-state index in [4.69, 9.17) is 5.73 Å². The summed E-state index contributed by atoms with van der Waals surface area (Å²) in [4.78, 5) is 11.4. The molecular formula is C15H12BrNO2. The number of carbonyl (C=O) groups is 1. The highest BCUT2D eigenvalue weighted by molar-refractivity contribution is 9.10. The predicted octanol–water partition coefficient (Wildman–Crippen LogP) is 3.66. The van der Waals surface area contributed by atoms with Crippen molar-refractivity contribution in [1.29, 1.82) is 0 Å². The molecule has 2 rings (SSSR count). The van der Waals surface area contributed by atoms with Gasteiger partial charge in [0.2, 0.25) is 0 Å². The molecule has 0 atom stereocenters. The van der Waals surface area contributed by atoms with Crippen LogP contribution in [0.1, 0.15) is 11.1 Å². The number of aliphatic carboxylic acids is 1. The Labute approximate surface area is 119 Å². The molecule has 0 fully saturated rings. The zero-order chi connectivity index (χ0) is 13.8. The van der Waals surface area contributed by atoms with E-state index < -0.39 is 5.97 Å². The van der Waals surface area contributed by atoms with Gasteiger partial charge in [0.1, 0.15) is 0 Å². The number of halogens is 1. The highest BCUT2D eigenvalue weighted by Crippen LogP contribution is 2.21. The van der Waals surface area contributed by atoms with Crippen LogP contribution in [0.3, 0.4) is 0 Å². The fourth-order valence-electron chi connectivity index (χ4n) is 1.69. The highest BCUT2D eigenvalue weighted by Gasteiger charge is 2.10. The summed E-state index contributed by atoms with van der Waals surface area (Å²) in [6, 6.07) is 14.2. The van der Waals surface area contributed by atoms with E-state index in [1.807, 2.05) is 24.3 Å². The minimum atomic E-state index is -0.968. The van der Waals surface area contributed by atoms with Crippen LogP contribution in [0, 0.1) is 0 Å². The van der Waals surface area contributed by atoms with Gasteiger partial charge in [-0.15, -0.1) is 0 Å². The molecule has 96 valence electrons. The van der Waals surface area contributed by atoms with Gasteiger partial charge in [-0.05, 0) is 41.5 Å². The van der Waals surface area contributed by atoms with Crippen LogP contribution in [-0.4, -0.2) is 11.1 Å². The van der Waals surface area contributed by atoms with Gasteiger partial charge >= 0.3 is 5.97 Å². The third kappa shape index (κ3) is 3.45. The number of benzene rings is 2. The number of carboxylic acid groups (broad SMARTS) is 1. The molecule has 0 heterocycles. The summed E-state index contributed by atoms with van der Waals surface area (Å²) in [5.41, 5.74) is 7.89. The smallest absolute Gasteiger partial charge is 0.336 e. The van der Waals surface area contributed by atoms with Gasteiger partial charge < -0.3 is 10.8 Å². The molecule has 0 unspecified atom stereocenters. The summed E-state index contributed by atoms with van der Waals surface area (Å²) in [7, 11) is 0. The molecule has 0 aliphatic rings. The average molecular weight is 318 g/mol. The quantitative estimate of drug-likeness (QED) is 0.516. The van der Waals surface area contributed by atoms with Crippen LogP contribution in [0.15, 0.2) is 53.0 Å². The first-order chi connectivity index (χ1) is 9.06. The molecule has 0 saturated heterocycles. The van der Waals surface area contributed by atoms with Crippen molar-refractivity contribution in [3.05, 3.63) is 64.1 Å². The van der Waals surface area contributed by atoms with Gasteiger partial charge in [0, 0.05) is 10.2 Å². The van der Waals surface area contributed by atoms with Crippen molar-refractivity contribution in [2.75, 3.05) is 5.73 Å². The molecule has 0 spiro atoms. The van der Waals surface area contributed by atoms with Crippen molar-refractivity contribution >= 4 is 39.2 Å². The first kappa shape index (κ1) is 13.4. The third-order valence-corrected chi connectivity index (χ3v) is 3.11. The van der Waals surface area contributed by atoms with Crippen molar-refractivity contribution in [2.45, 2.75) is 0 Å². The molecule has 0 aromatic heterocycles. The first-order valence-corrected chi connectivity index (χ1v) is 6.42. The normalized spacial score (nSPS) is 11.3. The van der Waals surface area contributed by atoms with Crippen molar-refractivity contribution in [2.24, 2.45) is 0 Å². The fourth-order valence-corrected chi connectivity index (χ4v) is 2.11. The Balaban J connectivity index is 2.46. The second-order valence-electron chi connectivity index (χ2n) is 4.04. The SMILES string of the molecule is Nc1ccc(/C(=C/c2cccc(Br)c2)C(=O)O)cc1. The maximum Gasteiger partial charge on any atom is 0.336 e. The maximum absolute atomic E-state index is 11.4. The lowest BCUT2D eigenvalue weighted by molar-refractivity contribution is -0.130. The Morgan fingerprint density at radius 2 is 1.84 bits per heavy atom. The number of anilines is 1. The van der Waals surface area contributed by atoms with Crippen molar-refractivity contribution in [3.8, 4) is 0 Å². The van der Waals surface area contributed by atoms with E-state index in [2.05, 4.69) is 15.9 Å². The third-order valence-electron chi connectivity index (χ3n) is 2.61. The molecule has 4 heteroatoms. The van der Waals surface area contributed by atoms with Gasteiger partial charge in [0.25, 0.3) is 0 Å². The topological polar surface area (TPSA) is 63.3 Å². The molecule has 3 N–H and O–H groups in total. The predicted molar refractivity (Wildman–Crippen MR) is 80.5 cm³/mol. The Morgan fingerprint density at radius 3 is 2.42 bits per heavy atom. The second kappa shape index (κ2) is 5.71. The standard InChI is InChI=1S/C15H12BrNO2/c16-12-3-1-2-10(8-12)9-14(15(18)19)11-4-6-13(17)7-5-11/h1-9H,17H2,(H,18,19)/b14-9-. The molecule has 0 radical (unpaired) electrons. The van der Waals surface area contributed by atoms with E-state index in [1.165, 1.54) is 0 Å². The monoisotopic (exact) mass is 317 g/mol. The largest absolute Gasteiger partial charge is 0.478 e. The number of rotatable bonds is 3. The molecular weight excluding hydrogens is 306 g/mol. The zero-order valence-corrected chi connectivity index (χ0v) is 11.6. The summed E-state index contributed by atoms with van der Waals surface area (Å²) in [6.45, 7) is 0. The summed E-state index contributed by atoms with van der Waals surface area (Å²) < 4.78 is 0.906. The maximum atomic E-state index is 11.4. The van der Waals surface area contributed by atoms with Crippen LogP contribution in [0.5, 0.6) is 0 Å². The molecule has 19 heavy (non-hydrogen) atoms. The Kier molecular flexibility index (Phi) is 4.02. The van der Waals surface area contributed by atoms with Gasteiger partial charge in [-0.3, -0.25) is 0 Å². The number of hydrogen-bond donors (Lipinski definition) is 2. The van der Waals surface area contributed by atoms with Crippen LogP contribution in [0.4, 0.5) is 5.69 Å². The van der Waals surface area contributed by atoms with Crippen molar-refractivity contribution in [1.82, 2.24) is 0 Å². The molecule has 2 aromatic carbocycles. The number of nitrogen functional groups attached to an aromatic ring is 1. The fraction of sp³-hybridized carbons (Fsp3) is 0. The van der Waals surface area contributed by atoms with Crippen molar-refractivity contribution < 1.29 is 9.90 Å². The average Bonchev–Trinajstić information content (AvgIpc) is 2.37. The Hall–Kier alpha value is -2.07. The van der Waals surface area contributed by atoms with Gasteiger partial charge in [0.15, 0.2) is 0 Å². The van der Waals surface area contributed by atoms with E-state index >= 15 is 0 Å². The summed E-state index contributed by atoms with van der Waals surface area (Å²) in [5, 5.41) is 9.32. The molecule has 2 aromatic rings. The molecule has 0 aliphatic heterocycles. The highest BCUT2D eigenvalue weighted by atomic mass is 79.9. The van der Waals surface area contributed by atoms with Crippen LogP contribution in [0.2, 0.25) is 0 Å². The molecule has 0 aliphatic carbocycles. The molecule has 0 amide bonds. The summed E-state index contributed by atoms with van der Waals surface area (Å²) in [6.07, 6.45) is 1.64. The van der Waals surface area contributed by atoms with Gasteiger partial charge in [-0.2, -0.15) is 0 Å².